The van der Waals surface area contributed by atoms with E-state index in [0.717, 1.165) is 5.92 Å². The van der Waals surface area contributed by atoms with Gasteiger partial charge in [-0.1, -0.05) is 12.2 Å². The maximum atomic E-state index is 3.45. The van der Waals surface area contributed by atoms with E-state index in [0.29, 0.717) is 0 Å². The molecule has 10 heavy (non-hydrogen) atoms. The fraction of sp³-hybridized carbons (Fsp3) is 0.600. The van der Waals surface area contributed by atoms with E-state index in [-0.39, 0.29) is 0 Å². The zero-order chi connectivity index (χ0) is 6.81. The minimum absolute atomic E-state index is 0.874. The van der Waals surface area contributed by atoms with Gasteiger partial charge >= 0.3 is 0 Å². The van der Waals surface area contributed by atoms with Crippen molar-refractivity contribution in [3.05, 3.63) is 23.8 Å². The predicted octanol–water partition coefficient (Wildman–Crippen LogP) is 2.87. The smallest absolute Gasteiger partial charge is 0.0156 e. The molecule has 0 fully saturated rings. The van der Waals surface area contributed by atoms with E-state index in [1.54, 1.807) is 0 Å². The van der Waals surface area contributed by atoms with Crippen LogP contribution in [-0.2, 0) is 0 Å². The van der Waals surface area contributed by atoms with E-state index in [2.05, 4.69) is 18.2 Å². The van der Waals surface area contributed by atoms with Gasteiger partial charge in [-0.3, -0.25) is 0 Å². The second-order valence-corrected chi connectivity index (χ2v) is 3.20. The van der Waals surface area contributed by atoms with E-state index >= 15 is 0 Å². The molecule has 0 heteroatoms. The van der Waals surface area contributed by atoms with Crippen molar-refractivity contribution in [3.8, 4) is 0 Å². The van der Waals surface area contributed by atoms with Crippen molar-refractivity contribution in [3.63, 3.8) is 0 Å². The molecule has 1 radical (unpaired) electrons. The number of hydrogen-bond acceptors (Lipinski definition) is 0. The lowest BCUT2D eigenvalue weighted by molar-refractivity contribution is 0.475. The van der Waals surface area contributed by atoms with Gasteiger partial charge < -0.3 is 0 Å². The summed E-state index contributed by atoms with van der Waals surface area (Å²) in [6.45, 7) is 0. The average molecular weight is 133 g/mol. The summed E-state index contributed by atoms with van der Waals surface area (Å²) < 4.78 is 0. The Morgan fingerprint density at radius 1 is 1.40 bits per heavy atom. The molecule has 0 N–H and O–H groups in total. The summed E-state index contributed by atoms with van der Waals surface area (Å²) in [7, 11) is 0. The van der Waals surface area contributed by atoms with Gasteiger partial charge in [0.1, 0.15) is 0 Å². The van der Waals surface area contributed by atoms with Gasteiger partial charge in [0.25, 0.3) is 0 Å². The minimum Gasteiger partial charge on any atom is -0.0842 e. The van der Waals surface area contributed by atoms with Gasteiger partial charge in [-0.2, -0.15) is 0 Å². The summed E-state index contributed by atoms with van der Waals surface area (Å²) in [5.74, 6) is 0.874. The van der Waals surface area contributed by atoms with Crippen LogP contribution in [0.2, 0.25) is 0 Å². The van der Waals surface area contributed by atoms with Crippen molar-refractivity contribution < 1.29 is 0 Å². The largest absolute Gasteiger partial charge is 0.0842 e. The first kappa shape index (κ1) is 6.21. The maximum absolute atomic E-state index is 3.45. The Hall–Kier alpha value is -0.520. The molecule has 53 valence electrons. The summed E-state index contributed by atoms with van der Waals surface area (Å²) >= 11 is 0. The van der Waals surface area contributed by atoms with E-state index in [1.165, 1.54) is 37.7 Å². The molecule has 1 atom stereocenters. The van der Waals surface area contributed by atoms with Crippen LogP contribution in [0, 0.1) is 12.0 Å². The van der Waals surface area contributed by atoms with Gasteiger partial charge in [0.15, 0.2) is 0 Å². The average Bonchev–Trinajstić information content (AvgIpc) is 2.05. The van der Waals surface area contributed by atoms with Gasteiger partial charge in [0, 0.05) is 0 Å². The van der Waals surface area contributed by atoms with Crippen LogP contribution in [0.25, 0.3) is 0 Å². The van der Waals surface area contributed by atoms with E-state index in [4.69, 9.17) is 0 Å². The summed E-state index contributed by atoms with van der Waals surface area (Å²) in [4.78, 5) is 0. The molecule has 0 saturated heterocycles. The Bertz CT molecular complexity index is 174. The third kappa shape index (κ3) is 1.03. The highest BCUT2D eigenvalue weighted by molar-refractivity contribution is 5.23. The standard InChI is InChI=1S/C10H13/c1-2-6-10-8-4-3-7-9(10)5-1/h1,5,10H,2-4,6,8H2. The number of rotatable bonds is 0. The first-order valence-electron chi connectivity index (χ1n) is 4.24. The Balaban J connectivity index is 2.21. The molecule has 0 saturated carbocycles. The molecule has 2 rings (SSSR count). The molecule has 0 spiro atoms. The second kappa shape index (κ2) is 2.61. The number of fused-ring (bicyclic) bond motifs is 1. The zero-order valence-corrected chi connectivity index (χ0v) is 6.27. The quantitative estimate of drug-likeness (QED) is 0.476. The molecule has 0 nitrogen and oxygen atoms in total. The molecule has 0 aromatic carbocycles. The lowest BCUT2D eigenvalue weighted by atomic mass is 9.81. The summed E-state index contributed by atoms with van der Waals surface area (Å²) in [5, 5.41) is 0. The van der Waals surface area contributed by atoms with Crippen molar-refractivity contribution in [1.82, 2.24) is 0 Å². The normalized spacial score (nSPS) is 31.2. The summed E-state index contributed by atoms with van der Waals surface area (Å²) in [5.41, 5.74) is 1.50. The monoisotopic (exact) mass is 133 g/mol. The van der Waals surface area contributed by atoms with Crippen LogP contribution < -0.4 is 0 Å². The second-order valence-electron chi connectivity index (χ2n) is 3.20. The van der Waals surface area contributed by atoms with Crippen LogP contribution in [0.3, 0.4) is 0 Å². The van der Waals surface area contributed by atoms with Crippen molar-refractivity contribution in [1.29, 1.82) is 0 Å². The minimum atomic E-state index is 0.874. The van der Waals surface area contributed by atoms with E-state index in [1.807, 2.05) is 0 Å². The SMILES string of the molecule is [C]1=C2C=CCCC2CCC1. The molecule has 0 aromatic heterocycles. The molecule has 2 aliphatic rings. The first-order chi connectivity index (χ1) is 4.97. The van der Waals surface area contributed by atoms with Crippen molar-refractivity contribution in [2.24, 2.45) is 5.92 Å². The van der Waals surface area contributed by atoms with Crippen molar-refractivity contribution in [2.75, 3.05) is 0 Å². The Kier molecular flexibility index (Phi) is 1.62. The Labute approximate surface area is 62.6 Å². The fourth-order valence-electron chi connectivity index (χ4n) is 1.88. The van der Waals surface area contributed by atoms with Crippen LogP contribution in [0.5, 0.6) is 0 Å². The first-order valence-corrected chi connectivity index (χ1v) is 4.24. The molecule has 1 unspecified atom stereocenters. The Morgan fingerprint density at radius 2 is 2.40 bits per heavy atom. The maximum Gasteiger partial charge on any atom is -0.0156 e. The molecule has 0 bridgehead atoms. The Morgan fingerprint density at radius 3 is 3.30 bits per heavy atom. The third-order valence-electron chi connectivity index (χ3n) is 2.48. The number of hydrogen-bond donors (Lipinski definition) is 0. The molecule has 0 aromatic rings. The van der Waals surface area contributed by atoms with Gasteiger partial charge in [0.2, 0.25) is 0 Å². The van der Waals surface area contributed by atoms with Crippen molar-refractivity contribution >= 4 is 0 Å². The predicted molar refractivity (Wildman–Crippen MR) is 42.5 cm³/mol. The van der Waals surface area contributed by atoms with E-state index in [9.17, 15) is 0 Å². The summed E-state index contributed by atoms with van der Waals surface area (Å²) in [6, 6.07) is 0. The third-order valence-corrected chi connectivity index (χ3v) is 2.48. The molecular weight excluding hydrogens is 120 g/mol. The highest BCUT2D eigenvalue weighted by Gasteiger charge is 2.17. The van der Waals surface area contributed by atoms with Crippen LogP contribution in [0.15, 0.2) is 17.7 Å². The molecule has 2 aliphatic carbocycles. The summed E-state index contributed by atoms with van der Waals surface area (Å²) in [6.07, 6.45) is 14.6. The molecule has 0 heterocycles. The van der Waals surface area contributed by atoms with Crippen LogP contribution in [0.1, 0.15) is 32.1 Å². The van der Waals surface area contributed by atoms with Gasteiger partial charge in [-0.15, -0.1) is 0 Å². The van der Waals surface area contributed by atoms with Crippen LogP contribution in [0.4, 0.5) is 0 Å². The lowest BCUT2D eigenvalue weighted by Crippen LogP contribution is -2.09. The van der Waals surface area contributed by atoms with Gasteiger partial charge in [0.05, 0.1) is 0 Å². The molecular formula is C10H13. The van der Waals surface area contributed by atoms with E-state index < -0.39 is 0 Å². The zero-order valence-electron chi connectivity index (χ0n) is 6.27. The number of allylic oxidation sites excluding steroid dienone is 4. The van der Waals surface area contributed by atoms with Crippen LogP contribution >= 0.6 is 0 Å². The highest BCUT2D eigenvalue weighted by Crippen LogP contribution is 2.31. The van der Waals surface area contributed by atoms with Gasteiger partial charge in [-0.05, 0) is 49.7 Å². The highest BCUT2D eigenvalue weighted by atomic mass is 14.2. The van der Waals surface area contributed by atoms with Gasteiger partial charge in [-0.25, -0.2) is 0 Å². The van der Waals surface area contributed by atoms with Crippen molar-refractivity contribution in [2.45, 2.75) is 32.1 Å². The van der Waals surface area contributed by atoms with Crippen LogP contribution in [-0.4, -0.2) is 0 Å². The lowest BCUT2D eigenvalue weighted by Gasteiger charge is -2.24. The fourth-order valence-corrected chi connectivity index (χ4v) is 1.88. The topological polar surface area (TPSA) is 0 Å². The molecule has 0 aliphatic heterocycles. The molecule has 0 amide bonds.